The van der Waals surface area contributed by atoms with E-state index in [-0.39, 0.29) is 11.9 Å². The van der Waals surface area contributed by atoms with Gasteiger partial charge in [-0.3, -0.25) is 0 Å². The largest absolute Gasteiger partial charge is 0.236 e. The summed E-state index contributed by atoms with van der Waals surface area (Å²) in [5.41, 5.74) is 1.08. The summed E-state index contributed by atoms with van der Waals surface area (Å²) in [6, 6.07) is 6.48. The van der Waals surface area contributed by atoms with Gasteiger partial charge in [0.2, 0.25) is 0 Å². The normalized spacial score (nSPS) is 22.1. The standard InChI is InChI=1S/C10H11FO2/c11-9-3-1-8(2-4-9)7-10-5-6-12-13-10/h1-4,10H,5-7H2. The Kier molecular flexibility index (Phi) is 2.57. The van der Waals surface area contributed by atoms with Gasteiger partial charge in [-0.25, -0.2) is 14.2 Å². The van der Waals surface area contributed by atoms with Crippen molar-refractivity contribution in [3.8, 4) is 0 Å². The van der Waals surface area contributed by atoms with E-state index in [1.807, 2.05) is 0 Å². The van der Waals surface area contributed by atoms with E-state index < -0.39 is 0 Å². The second-order valence-electron chi connectivity index (χ2n) is 3.16. The number of rotatable bonds is 2. The lowest BCUT2D eigenvalue weighted by atomic mass is 10.1. The van der Waals surface area contributed by atoms with Gasteiger partial charge < -0.3 is 0 Å². The molecular formula is C10H11FO2. The van der Waals surface area contributed by atoms with Gasteiger partial charge in [-0.1, -0.05) is 12.1 Å². The molecular weight excluding hydrogens is 171 g/mol. The van der Waals surface area contributed by atoms with Gasteiger partial charge in [-0.15, -0.1) is 0 Å². The molecule has 1 aromatic carbocycles. The quantitative estimate of drug-likeness (QED) is 0.652. The minimum atomic E-state index is -0.202. The minimum absolute atomic E-state index is 0.130. The Hall–Kier alpha value is -0.930. The Morgan fingerprint density at radius 1 is 1.31 bits per heavy atom. The topological polar surface area (TPSA) is 18.5 Å². The first-order valence-corrected chi connectivity index (χ1v) is 4.37. The Bertz CT molecular complexity index is 265. The smallest absolute Gasteiger partial charge is 0.123 e. The second-order valence-corrected chi connectivity index (χ2v) is 3.16. The number of hydrogen-bond acceptors (Lipinski definition) is 2. The molecule has 2 rings (SSSR count). The van der Waals surface area contributed by atoms with E-state index in [2.05, 4.69) is 0 Å². The highest BCUT2D eigenvalue weighted by Gasteiger charge is 2.17. The summed E-state index contributed by atoms with van der Waals surface area (Å²) in [7, 11) is 0. The molecule has 0 saturated carbocycles. The van der Waals surface area contributed by atoms with Crippen LogP contribution in [-0.4, -0.2) is 12.7 Å². The molecule has 1 unspecified atom stereocenters. The molecule has 1 saturated heterocycles. The van der Waals surface area contributed by atoms with Crippen molar-refractivity contribution in [2.45, 2.75) is 18.9 Å². The molecule has 1 atom stereocenters. The number of hydrogen-bond donors (Lipinski definition) is 0. The zero-order valence-electron chi connectivity index (χ0n) is 7.20. The first-order valence-electron chi connectivity index (χ1n) is 4.37. The molecule has 0 bridgehead atoms. The highest BCUT2D eigenvalue weighted by molar-refractivity contribution is 5.16. The van der Waals surface area contributed by atoms with Crippen LogP contribution in [0.5, 0.6) is 0 Å². The van der Waals surface area contributed by atoms with Gasteiger partial charge in [0, 0.05) is 12.8 Å². The highest BCUT2D eigenvalue weighted by Crippen LogP contribution is 2.15. The van der Waals surface area contributed by atoms with Crippen molar-refractivity contribution in [1.29, 1.82) is 0 Å². The van der Waals surface area contributed by atoms with Crippen molar-refractivity contribution in [2.24, 2.45) is 0 Å². The highest BCUT2D eigenvalue weighted by atomic mass is 19.1. The van der Waals surface area contributed by atoms with Crippen molar-refractivity contribution < 1.29 is 14.2 Å². The van der Waals surface area contributed by atoms with E-state index in [0.717, 1.165) is 18.4 Å². The van der Waals surface area contributed by atoms with Gasteiger partial charge in [0.05, 0.1) is 12.7 Å². The molecule has 0 spiro atoms. The predicted octanol–water partition coefficient (Wildman–Crippen LogP) is 2.09. The summed E-state index contributed by atoms with van der Waals surface area (Å²) < 4.78 is 12.5. The molecule has 2 nitrogen and oxygen atoms in total. The monoisotopic (exact) mass is 182 g/mol. The molecule has 1 aliphatic rings. The third-order valence-electron chi connectivity index (χ3n) is 2.10. The molecule has 0 radical (unpaired) electrons. The lowest BCUT2D eigenvalue weighted by Gasteiger charge is -2.05. The zero-order chi connectivity index (χ0) is 9.10. The van der Waals surface area contributed by atoms with Gasteiger partial charge in [0.1, 0.15) is 5.82 Å². The Labute approximate surface area is 76.2 Å². The van der Waals surface area contributed by atoms with E-state index in [9.17, 15) is 4.39 Å². The van der Waals surface area contributed by atoms with Gasteiger partial charge in [0.15, 0.2) is 0 Å². The van der Waals surface area contributed by atoms with Crippen LogP contribution in [0.15, 0.2) is 24.3 Å². The van der Waals surface area contributed by atoms with Crippen LogP contribution in [0.3, 0.4) is 0 Å². The predicted molar refractivity (Wildman–Crippen MR) is 45.5 cm³/mol. The maximum atomic E-state index is 12.5. The molecule has 0 aliphatic carbocycles. The Balaban J connectivity index is 1.97. The van der Waals surface area contributed by atoms with Crippen LogP contribution in [0, 0.1) is 5.82 Å². The zero-order valence-corrected chi connectivity index (χ0v) is 7.20. The molecule has 1 fully saturated rings. The van der Waals surface area contributed by atoms with Gasteiger partial charge in [-0.05, 0) is 17.7 Å². The molecule has 0 aromatic heterocycles. The van der Waals surface area contributed by atoms with Gasteiger partial charge in [0.25, 0.3) is 0 Å². The summed E-state index contributed by atoms with van der Waals surface area (Å²) in [5.74, 6) is -0.202. The molecule has 0 amide bonds. The lowest BCUT2D eigenvalue weighted by molar-refractivity contribution is -0.273. The summed E-state index contributed by atoms with van der Waals surface area (Å²) in [4.78, 5) is 9.77. The minimum Gasteiger partial charge on any atom is -0.236 e. The van der Waals surface area contributed by atoms with Crippen molar-refractivity contribution in [3.63, 3.8) is 0 Å². The van der Waals surface area contributed by atoms with E-state index in [4.69, 9.17) is 9.78 Å². The van der Waals surface area contributed by atoms with E-state index >= 15 is 0 Å². The van der Waals surface area contributed by atoms with E-state index in [1.165, 1.54) is 12.1 Å². The van der Waals surface area contributed by atoms with E-state index in [1.54, 1.807) is 12.1 Å². The second kappa shape index (κ2) is 3.85. The van der Waals surface area contributed by atoms with Crippen LogP contribution in [0.25, 0.3) is 0 Å². The maximum Gasteiger partial charge on any atom is 0.123 e. The average Bonchev–Trinajstić information content (AvgIpc) is 2.62. The van der Waals surface area contributed by atoms with Gasteiger partial charge >= 0.3 is 0 Å². The summed E-state index contributed by atoms with van der Waals surface area (Å²) in [6.45, 7) is 0.659. The molecule has 0 N–H and O–H groups in total. The third-order valence-corrected chi connectivity index (χ3v) is 2.10. The number of benzene rings is 1. The van der Waals surface area contributed by atoms with Crippen molar-refractivity contribution in [1.82, 2.24) is 0 Å². The average molecular weight is 182 g/mol. The molecule has 13 heavy (non-hydrogen) atoms. The number of halogens is 1. The lowest BCUT2D eigenvalue weighted by Crippen LogP contribution is -2.08. The fourth-order valence-electron chi connectivity index (χ4n) is 1.39. The molecule has 70 valence electrons. The molecule has 1 aromatic rings. The third kappa shape index (κ3) is 2.26. The molecule has 1 heterocycles. The summed E-state index contributed by atoms with van der Waals surface area (Å²) >= 11 is 0. The fraction of sp³-hybridized carbons (Fsp3) is 0.400. The first kappa shape index (κ1) is 8.66. The van der Waals surface area contributed by atoms with Crippen molar-refractivity contribution in [2.75, 3.05) is 6.61 Å². The molecule has 3 heteroatoms. The van der Waals surface area contributed by atoms with E-state index in [0.29, 0.717) is 6.61 Å². The van der Waals surface area contributed by atoms with Crippen LogP contribution in [0.1, 0.15) is 12.0 Å². The van der Waals surface area contributed by atoms with Crippen LogP contribution >= 0.6 is 0 Å². The van der Waals surface area contributed by atoms with Crippen LogP contribution in [0.4, 0.5) is 4.39 Å². The van der Waals surface area contributed by atoms with Crippen LogP contribution < -0.4 is 0 Å². The van der Waals surface area contributed by atoms with Crippen molar-refractivity contribution >= 4 is 0 Å². The van der Waals surface area contributed by atoms with Crippen LogP contribution in [-0.2, 0) is 16.2 Å². The van der Waals surface area contributed by atoms with Crippen molar-refractivity contribution in [3.05, 3.63) is 35.6 Å². The Morgan fingerprint density at radius 2 is 2.08 bits per heavy atom. The first-order chi connectivity index (χ1) is 6.34. The van der Waals surface area contributed by atoms with Gasteiger partial charge in [-0.2, -0.15) is 0 Å². The maximum absolute atomic E-state index is 12.5. The van der Waals surface area contributed by atoms with Crippen LogP contribution in [0.2, 0.25) is 0 Å². The molecule has 1 aliphatic heterocycles. The SMILES string of the molecule is Fc1ccc(CC2CCOO2)cc1. The summed E-state index contributed by atoms with van der Waals surface area (Å²) in [6.07, 6.45) is 1.84. The fourth-order valence-corrected chi connectivity index (χ4v) is 1.39. The summed E-state index contributed by atoms with van der Waals surface area (Å²) in [5, 5.41) is 0. The Morgan fingerprint density at radius 3 is 2.69 bits per heavy atom.